The summed E-state index contributed by atoms with van der Waals surface area (Å²) in [4.78, 5) is 3.98. The van der Waals surface area contributed by atoms with Crippen LogP contribution in [-0.4, -0.2) is 42.0 Å². The molecule has 0 radical (unpaired) electrons. The quantitative estimate of drug-likeness (QED) is 0.214. The van der Waals surface area contributed by atoms with Crippen LogP contribution in [0.15, 0.2) is 77.7 Å². The van der Waals surface area contributed by atoms with Gasteiger partial charge in [0.05, 0.1) is 6.61 Å². The predicted octanol–water partition coefficient (Wildman–Crippen LogP) is 7.84. The van der Waals surface area contributed by atoms with Gasteiger partial charge in [-0.1, -0.05) is 67.8 Å². The number of hydrogen-bond donors (Lipinski definition) is 1. The van der Waals surface area contributed by atoms with Crippen molar-refractivity contribution < 1.29 is 9.84 Å². The summed E-state index contributed by atoms with van der Waals surface area (Å²) in [5.41, 5.74) is 3.75. The largest absolute Gasteiger partial charge is 0.508 e. The summed E-state index contributed by atoms with van der Waals surface area (Å²) in [6.07, 6.45) is 9.55. The Hall–Kier alpha value is -2.43. The maximum Gasteiger partial charge on any atom is 0.126 e. The molecule has 2 aliphatic rings. The van der Waals surface area contributed by atoms with Gasteiger partial charge >= 0.3 is 0 Å². The summed E-state index contributed by atoms with van der Waals surface area (Å²) >= 11 is 1.98. The minimum absolute atomic E-state index is 0.205. The molecule has 0 amide bonds. The molecule has 3 aromatic carbocycles. The Morgan fingerprint density at radius 3 is 2.36 bits per heavy atom. The van der Waals surface area contributed by atoms with Crippen molar-refractivity contribution in [1.82, 2.24) is 4.90 Å². The van der Waals surface area contributed by atoms with Crippen molar-refractivity contribution in [2.45, 2.75) is 61.7 Å². The SMILES string of the molecule is Oc1ccc2c(c1)OCC(c1ccccc1)C2c1ccc(SCCCCCCCN2CCCC2)cc1. The lowest BCUT2D eigenvalue weighted by atomic mass is 9.76. The maximum absolute atomic E-state index is 9.99. The highest BCUT2D eigenvalue weighted by molar-refractivity contribution is 7.99. The molecule has 190 valence electrons. The van der Waals surface area contributed by atoms with E-state index in [1.165, 1.54) is 86.4 Å². The number of fused-ring (bicyclic) bond motifs is 1. The summed E-state index contributed by atoms with van der Waals surface area (Å²) in [7, 11) is 0. The van der Waals surface area contributed by atoms with Crippen LogP contribution in [0.4, 0.5) is 0 Å². The Kier molecular flexibility index (Phi) is 8.90. The minimum Gasteiger partial charge on any atom is -0.508 e. The fourth-order valence-corrected chi connectivity index (χ4v) is 6.65. The smallest absolute Gasteiger partial charge is 0.126 e. The summed E-state index contributed by atoms with van der Waals surface area (Å²) in [5, 5.41) is 9.99. The molecule has 0 spiro atoms. The van der Waals surface area contributed by atoms with E-state index in [1.807, 2.05) is 17.8 Å². The van der Waals surface area contributed by atoms with Crippen molar-refractivity contribution in [2.75, 3.05) is 32.0 Å². The average Bonchev–Trinajstić information content (AvgIpc) is 3.44. The van der Waals surface area contributed by atoms with Crippen LogP contribution in [0.5, 0.6) is 11.5 Å². The van der Waals surface area contributed by atoms with Crippen molar-refractivity contribution in [1.29, 1.82) is 0 Å². The predicted molar refractivity (Wildman–Crippen MR) is 151 cm³/mol. The Labute approximate surface area is 220 Å². The Morgan fingerprint density at radius 2 is 1.56 bits per heavy atom. The van der Waals surface area contributed by atoms with Crippen LogP contribution in [0.2, 0.25) is 0 Å². The third-order valence-electron chi connectivity index (χ3n) is 7.71. The Balaban J connectivity index is 1.15. The van der Waals surface area contributed by atoms with Gasteiger partial charge in [-0.25, -0.2) is 0 Å². The molecule has 2 unspecified atom stereocenters. The lowest BCUT2D eigenvalue weighted by Gasteiger charge is -2.34. The van der Waals surface area contributed by atoms with Gasteiger partial charge in [0.25, 0.3) is 0 Å². The van der Waals surface area contributed by atoms with E-state index in [1.54, 1.807) is 12.1 Å². The number of phenolic OH excluding ortho intramolecular Hbond substituents is 1. The third kappa shape index (κ3) is 6.46. The van der Waals surface area contributed by atoms with Gasteiger partial charge in [-0.2, -0.15) is 0 Å². The lowest BCUT2D eigenvalue weighted by Crippen LogP contribution is -2.25. The Bertz CT molecular complexity index is 1080. The van der Waals surface area contributed by atoms with E-state index >= 15 is 0 Å². The van der Waals surface area contributed by atoms with Crippen LogP contribution in [0.1, 0.15) is 73.5 Å². The molecule has 0 aliphatic carbocycles. The number of aromatic hydroxyl groups is 1. The number of rotatable bonds is 11. The summed E-state index contributed by atoms with van der Waals surface area (Å²) in [6.45, 7) is 4.57. The first-order valence-electron chi connectivity index (χ1n) is 13.7. The number of unbranched alkanes of at least 4 members (excludes halogenated alkanes) is 4. The first-order chi connectivity index (χ1) is 17.8. The zero-order chi connectivity index (χ0) is 24.6. The molecule has 5 rings (SSSR count). The number of ether oxygens (including phenoxy) is 1. The molecule has 3 nitrogen and oxygen atoms in total. The zero-order valence-electron chi connectivity index (χ0n) is 21.3. The monoisotopic (exact) mass is 501 g/mol. The van der Waals surface area contributed by atoms with E-state index < -0.39 is 0 Å². The highest BCUT2D eigenvalue weighted by Gasteiger charge is 2.33. The van der Waals surface area contributed by atoms with Gasteiger partial charge < -0.3 is 14.7 Å². The van der Waals surface area contributed by atoms with Gasteiger partial charge in [0.15, 0.2) is 0 Å². The van der Waals surface area contributed by atoms with Crippen molar-refractivity contribution in [3.8, 4) is 11.5 Å². The molecule has 1 fully saturated rings. The number of nitrogens with zero attached hydrogens (tertiary/aromatic N) is 1. The van der Waals surface area contributed by atoms with Gasteiger partial charge in [0.2, 0.25) is 0 Å². The second kappa shape index (κ2) is 12.7. The lowest BCUT2D eigenvalue weighted by molar-refractivity contribution is 0.248. The van der Waals surface area contributed by atoms with E-state index in [0.29, 0.717) is 6.61 Å². The van der Waals surface area contributed by atoms with E-state index in [2.05, 4.69) is 59.5 Å². The van der Waals surface area contributed by atoms with Crippen LogP contribution in [0, 0.1) is 0 Å². The van der Waals surface area contributed by atoms with E-state index in [0.717, 1.165) is 11.3 Å². The van der Waals surface area contributed by atoms with Crippen LogP contribution in [-0.2, 0) is 0 Å². The third-order valence-corrected chi connectivity index (χ3v) is 8.80. The number of benzene rings is 3. The molecular weight excluding hydrogens is 462 g/mol. The van der Waals surface area contributed by atoms with Crippen LogP contribution < -0.4 is 4.74 Å². The van der Waals surface area contributed by atoms with E-state index in [-0.39, 0.29) is 17.6 Å². The normalized spacial score (nSPS) is 19.7. The molecule has 1 saturated heterocycles. The van der Waals surface area contributed by atoms with Crippen molar-refractivity contribution in [2.24, 2.45) is 0 Å². The molecular formula is C32H39NO2S. The molecule has 2 aliphatic heterocycles. The van der Waals surface area contributed by atoms with Crippen molar-refractivity contribution in [3.63, 3.8) is 0 Å². The molecule has 4 heteroatoms. The van der Waals surface area contributed by atoms with Crippen molar-refractivity contribution in [3.05, 3.63) is 89.5 Å². The molecule has 3 aromatic rings. The first-order valence-corrected chi connectivity index (χ1v) is 14.7. The molecule has 0 aromatic heterocycles. The molecule has 0 saturated carbocycles. The van der Waals surface area contributed by atoms with Gasteiger partial charge in [0.1, 0.15) is 11.5 Å². The number of likely N-dealkylation sites (tertiary alicyclic amines) is 1. The average molecular weight is 502 g/mol. The van der Waals surface area contributed by atoms with E-state index in [4.69, 9.17) is 4.74 Å². The summed E-state index contributed by atoms with van der Waals surface area (Å²) in [5.74, 6) is 2.69. The second-order valence-electron chi connectivity index (χ2n) is 10.3. The van der Waals surface area contributed by atoms with Crippen LogP contribution in [0.25, 0.3) is 0 Å². The molecule has 1 N–H and O–H groups in total. The minimum atomic E-state index is 0.205. The fraction of sp³-hybridized carbons (Fsp3) is 0.438. The fourth-order valence-electron chi connectivity index (χ4n) is 5.73. The van der Waals surface area contributed by atoms with Crippen LogP contribution >= 0.6 is 11.8 Å². The summed E-state index contributed by atoms with van der Waals surface area (Å²) < 4.78 is 6.11. The highest BCUT2D eigenvalue weighted by atomic mass is 32.2. The van der Waals surface area contributed by atoms with E-state index in [9.17, 15) is 5.11 Å². The van der Waals surface area contributed by atoms with Crippen LogP contribution in [0.3, 0.4) is 0 Å². The van der Waals surface area contributed by atoms with Gasteiger partial charge in [0, 0.05) is 28.4 Å². The number of hydrogen-bond acceptors (Lipinski definition) is 4. The second-order valence-corrected chi connectivity index (χ2v) is 11.4. The van der Waals surface area contributed by atoms with Gasteiger partial charge in [-0.3, -0.25) is 0 Å². The molecule has 0 bridgehead atoms. The Morgan fingerprint density at radius 1 is 0.806 bits per heavy atom. The highest BCUT2D eigenvalue weighted by Crippen LogP contribution is 2.47. The van der Waals surface area contributed by atoms with Crippen molar-refractivity contribution >= 4 is 11.8 Å². The molecule has 2 atom stereocenters. The standard InChI is InChI=1S/C32H39NO2S/c34-27-15-18-29-31(23-27)35-24-30(25-11-5-4-6-12-25)32(29)26-13-16-28(17-14-26)36-22-10-3-1-2-7-19-33-20-8-9-21-33/h4-6,11-18,23,30,32,34H,1-3,7-10,19-22,24H2. The molecule has 2 heterocycles. The summed E-state index contributed by atoms with van der Waals surface area (Å²) in [6, 6.07) is 25.4. The first kappa shape index (κ1) is 25.2. The van der Waals surface area contributed by atoms with Gasteiger partial charge in [-0.15, -0.1) is 11.8 Å². The number of phenols is 1. The molecule has 36 heavy (non-hydrogen) atoms. The van der Waals surface area contributed by atoms with Gasteiger partial charge in [-0.05, 0) is 80.4 Å². The zero-order valence-corrected chi connectivity index (χ0v) is 22.1. The number of thioether (sulfide) groups is 1. The maximum atomic E-state index is 9.99. The topological polar surface area (TPSA) is 32.7 Å².